The fourth-order valence-electron chi connectivity index (χ4n) is 2.71. The molecule has 2 atom stereocenters. The zero-order chi connectivity index (χ0) is 15.4. The fraction of sp³-hybridized carbons (Fsp3) is 0.500. The molecule has 3 heterocycles. The molecular formula is C12H13BrF3N5. The number of fused-ring (bicyclic) bond motifs is 1. The summed E-state index contributed by atoms with van der Waals surface area (Å²) in [5.74, 6) is 0.351. The predicted octanol–water partition coefficient (Wildman–Crippen LogP) is 3.35. The van der Waals surface area contributed by atoms with E-state index < -0.39 is 18.3 Å². The molecular weight excluding hydrogens is 351 g/mol. The third kappa shape index (κ3) is 2.54. The largest absolute Gasteiger partial charge is 0.410 e. The Morgan fingerprint density at radius 3 is 2.67 bits per heavy atom. The molecule has 1 aliphatic rings. The first-order chi connectivity index (χ1) is 9.75. The zero-order valence-corrected chi connectivity index (χ0v) is 12.9. The van der Waals surface area contributed by atoms with E-state index in [1.165, 1.54) is 0 Å². The molecule has 9 heteroatoms. The van der Waals surface area contributed by atoms with Gasteiger partial charge in [0.1, 0.15) is 10.4 Å². The van der Waals surface area contributed by atoms with Crippen LogP contribution in [0.1, 0.15) is 29.8 Å². The maximum absolute atomic E-state index is 13.3. The highest BCUT2D eigenvalue weighted by atomic mass is 79.9. The van der Waals surface area contributed by atoms with E-state index in [0.29, 0.717) is 10.4 Å². The van der Waals surface area contributed by atoms with Gasteiger partial charge in [-0.15, -0.1) is 0 Å². The first-order valence-corrected chi connectivity index (χ1v) is 7.13. The predicted molar refractivity (Wildman–Crippen MR) is 73.9 cm³/mol. The fourth-order valence-corrected chi connectivity index (χ4v) is 3.10. The van der Waals surface area contributed by atoms with E-state index in [1.54, 1.807) is 30.9 Å². The minimum absolute atomic E-state index is 0.114. The maximum Gasteiger partial charge on any atom is 0.410 e. The van der Waals surface area contributed by atoms with Crippen molar-refractivity contribution in [3.63, 3.8) is 0 Å². The van der Waals surface area contributed by atoms with Crippen molar-refractivity contribution < 1.29 is 13.2 Å². The van der Waals surface area contributed by atoms with E-state index in [4.69, 9.17) is 0 Å². The van der Waals surface area contributed by atoms with Crippen LogP contribution < -0.4 is 5.32 Å². The molecule has 0 saturated heterocycles. The van der Waals surface area contributed by atoms with Crippen molar-refractivity contribution in [3.8, 4) is 0 Å². The quantitative estimate of drug-likeness (QED) is 0.845. The summed E-state index contributed by atoms with van der Waals surface area (Å²) in [7, 11) is 1.75. The summed E-state index contributed by atoms with van der Waals surface area (Å²) in [6.07, 6.45) is -2.71. The number of nitrogens with one attached hydrogen (secondary N) is 1. The lowest BCUT2D eigenvalue weighted by Gasteiger charge is -2.33. The summed E-state index contributed by atoms with van der Waals surface area (Å²) in [6, 6.07) is -0.539. The Hall–Kier alpha value is -1.51. The van der Waals surface area contributed by atoms with Crippen LogP contribution in [-0.2, 0) is 7.05 Å². The number of hydrogen-bond acceptors (Lipinski definition) is 3. The van der Waals surface area contributed by atoms with Gasteiger partial charge in [-0.25, -0.2) is 4.68 Å². The molecule has 0 radical (unpaired) electrons. The zero-order valence-electron chi connectivity index (χ0n) is 11.3. The molecule has 21 heavy (non-hydrogen) atoms. The van der Waals surface area contributed by atoms with Gasteiger partial charge < -0.3 is 5.32 Å². The lowest BCUT2D eigenvalue weighted by atomic mass is 9.97. The van der Waals surface area contributed by atoms with Gasteiger partial charge in [0, 0.05) is 31.3 Å². The van der Waals surface area contributed by atoms with Crippen molar-refractivity contribution in [2.24, 2.45) is 7.05 Å². The van der Waals surface area contributed by atoms with Crippen LogP contribution in [0.5, 0.6) is 0 Å². The number of aromatic nitrogens is 4. The Kier molecular flexibility index (Phi) is 3.27. The molecule has 1 unspecified atom stereocenters. The molecule has 0 spiro atoms. The summed E-state index contributed by atoms with van der Waals surface area (Å²) in [4.78, 5) is 0. The van der Waals surface area contributed by atoms with Crippen LogP contribution in [-0.4, -0.2) is 25.7 Å². The molecule has 0 saturated carbocycles. The Morgan fingerprint density at radius 2 is 2.10 bits per heavy atom. The summed E-state index contributed by atoms with van der Waals surface area (Å²) in [5, 5.41) is 11.2. The van der Waals surface area contributed by atoms with Crippen LogP contribution in [0.25, 0.3) is 0 Å². The van der Waals surface area contributed by atoms with Gasteiger partial charge in [-0.05, 0) is 22.9 Å². The summed E-state index contributed by atoms with van der Waals surface area (Å²) >= 11 is 3.13. The second-order valence-electron chi connectivity index (χ2n) is 5.13. The molecule has 0 aromatic carbocycles. The van der Waals surface area contributed by atoms with E-state index in [-0.39, 0.29) is 6.42 Å². The average molecular weight is 364 g/mol. The highest BCUT2D eigenvalue weighted by molar-refractivity contribution is 9.10. The standard InChI is InChI=1S/C12H13BrF3N5/c1-6-7(5-20(2)18-6)8-3-9(12(14,15)16)21-11(17-8)4-10(13)19-21/h4-5,8-9,17H,3H2,1-2H3/t8?,9-/m0/s1. The molecule has 2 aromatic rings. The second-order valence-corrected chi connectivity index (χ2v) is 5.94. The number of halogens is 4. The van der Waals surface area contributed by atoms with Gasteiger partial charge in [0.25, 0.3) is 0 Å². The van der Waals surface area contributed by atoms with E-state index in [2.05, 4.69) is 31.4 Å². The van der Waals surface area contributed by atoms with Gasteiger partial charge in [0.15, 0.2) is 6.04 Å². The molecule has 2 aromatic heterocycles. The third-order valence-electron chi connectivity index (χ3n) is 3.59. The molecule has 0 amide bonds. The Balaban J connectivity index is 2.03. The summed E-state index contributed by atoms with van der Waals surface area (Å²) in [6.45, 7) is 1.79. The SMILES string of the molecule is Cc1nn(C)cc1C1C[C@@H](C(F)(F)F)n2nc(Br)cc2N1. The van der Waals surface area contributed by atoms with Gasteiger partial charge in [-0.3, -0.25) is 4.68 Å². The van der Waals surface area contributed by atoms with Gasteiger partial charge in [0.05, 0.1) is 11.7 Å². The lowest BCUT2D eigenvalue weighted by molar-refractivity contribution is -0.173. The topological polar surface area (TPSA) is 47.7 Å². The van der Waals surface area contributed by atoms with Gasteiger partial charge in [-0.2, -0.15) is 23.4 Å². The molecule has 3 rings (SSSR count). The second kappa shape index (κ2) is 4.75. The van der Waals surface area contributed by atoms with E-state index in [1.807, 2.05) is 0 Å². The van der Waals surface area contributed by atoms with Crippen molar-refractivity contribution in [2.45, 2.75) is 31.6 Å². The average Bonchev–Trinajstić information content (AvgIpc) is 2.87. The van der Waals surface area contributed by atoms with E-state index >= 15 is 0 Å². The van der Waals surface area contributed by atoms with Crippen LogP contribution in [0, 0.1) is 6.92 Å². The monoisotopic (exact) mass is 363 g/mol. The molecule has 1 N–H and O–H groups in total. The third-order valence-corrected chi connectivity index (χ3v) is 3.97. The number of rotatable bonds is 1. The highest BCUT2D eigenvalue weighted by Crippen LogP contribution is 2.44. The first kappa shape index (κ1) is 14.4. The van der Waals surface area contributed by atoms with Gasteiger partial charge in [0.2, 0.25) is 0 Å². The summed E-state index contributed by atoms with van der Waals surface area (Å²) in [5.41, 5.74) is 1.50. The smallest absolute Gasteiger partial charge is 0.363 e. The lowest BCUT2D eigenvalue weighted by Crippen LogP contribution is -2.35. The molecule has 0 fully saturated rings. The number of aryl methyl sites for hydroxylation is 2. The molecule has 5 nitrogen and oxygen atoms in total. The van der Waals surface area contributed by atoms with Crippen LogP contribution in [0.2, 0.25) is 0 Å². The molecule has 0 bridgehead atoms. The van der Waals surface area contributed by atoms with Crippen LogP contribution in [0.3, 0.4) is 0 Å². The first-order valence-electron chi connectivity index (χ1n) is 6.34. The van der Waals surface area contributed by atoms with E-state index in [9.17, 15) is 13.2 Å². The highest BCUT2D eigenvalue weighted by Gasteiger charge is 2.46. The maximum atomic E-state index is 13.3. The molecule has 114 valence electrons. The van der Waals surface area contributed by atoms with Crippen molar-refractivity contribution in [1.29, 1.82) is 0 Å². The molecule has 0 aliphatic carbocycles. The number of hydrogen-bond donors (Lipinski definition) is 1. The Bertz CT molecular complexity index is 675. The van der Waals surface area contributed by atoms with Crippen LogP contribution >= 0.6 is 15.9 Å². The minimum atomic E-state index is -4.35. The van der Waals surface area contributed by atoms with Gasteiger partial charge >= 0.3 is 6.18 Å². The van der Waals surface area contributed by atoms with Crippen LogP contribution in [0.4, 0.5) is 19.0 Å². The number of alkyl halides is 3. The normalized spacial score (nSPS) is 22.0. The Labute approximate surface area is 127 Å². The number of anilines is 1. The van der Waals surface area contributed by atoms with Crippen molar-refractivity contribution in [1.82, 2.24) is 19.6 Å². The van der Waals surface area contributed by atoms with Crippen LogP contribution in [0.15, 0.2) is 16.9 Å². The van der Waals surface area contributed by atoms with E-state index in [0.717, 1.165) is 15.9 Å². The van der Waals surface area contributed by atoms with Crippen molar-refractivity contribution in [2.75, 3.05) is 5.32 Å². The summed E-state index contributed by atoms with van der Waals surface area (Å²) < 4.78 is 42.9. The van der Waals surface area contributed by atoms with Crippen molar-refractivity contribution in [3.05, 3.63) is 28.1 Å². The van der Waals surface area contributed by atoms with Crippen molar-refractivity contribution >= 4 is 21.7 Å². The number of nitrogens with zero attached hydrogens (tertiary/aromatic N) is 4. The Morgan fingerprint density at radius 1 is 1.38 bits per heavy atom. The van der Waals surface area contributed by atoms with Gasteiger partial charge in [-0.1, -0.05) is 0 Å². The minimum Gasteiger partial charge on any atom is -0.363 e. The molecule has 1 aliphatic heterocycles.